The second-order valence-corrected chi connectivity index (χ2v) is 6.93. The quantitative estimate of drug-likeness (QED) is 0.699. The maximum atomic E-state index is 13.0. The highest BCUT2D eigenvalue weighted by atomic mass is 35.5. The van der Waals surface area contributed by atoms with Gasteiger partial charge in [0, 0.05) is 23.7 Å². The van der Waals surface area contributed by atoms with Crippen LogP contribution in [0.15, 0.2) is 54.6 Å². The summed E-state index contributed by atoms with van der Waals surface area (Å²) in [5.74, 6) is -0.951. The molecule has 2 amide bonds. The number of nitrogens with zero attached hydrogens (tertiary/aromatic N) is 2. The van der Waals surface area contributed by atoms with Crippen LogP contribution in [0.25, 0.3) is 11.3 Å². The summed E-state index contributed by atoms with van der Waals surface area (Å²) in [4.78, 5) is 24.7. The van der Waals surface area contributed by atoms with Crippen molar-refractivity contribution >= 4 is 34.9 Å². The Balaban J connectivity index is 1.47. The van der Waals surface area contributed by atoms with Gasteiger partial charge in [0.05, 0.1) is 23.2 Å². The van der Waals surface area contributed by atoms with E-state index in [1.165, 1.54) is 24.3 Å². The number of benzene rings is 2. The highest BCUT2D eigenvalue weighted by Gasteiger charge is 2.29. The van der Waals surface area contributed by atoms with Crippen LogP contribution in [0.1, 0.15) is 6.42 Å². The Labute approximate surface area is 165 Å². The predicted molar refractivity (Wildman–Crippen MR) is 104 cm³/mol. The summed E-state index contributed by atoms with van der Waals surface area (Å²) in [6.07, 6.45) is -0.00998. The summed E-state index contributed by atoms with van der Waals surface area (Å²) in [7, 11) is 0. The Bertz CT molecular complexity index is 1050. The molecule has 2 aromatic carbocycles. The molecule has 2 heterocycles. The third kappa shape index (κ3) is 3.75. The molecule has 28 heavy (non-hydrogen) atoms. The van der Waals surface area contributed by atoms with Gasteiger partial charge in [-0.3, -0.25) is 9.59 Å². The number of anilines is 2. The molecule has 1 aliphatic heterocycles. The third-order valence-electron chi connectivity index (χ3n) is 4.50. The number of amides is 2. The molecule has 0 saturated heterocycles. The van der Waals surface area contributed by atoms with Crippen LogP contribution in [0.3, 0.4) is 0 Å². The first-order valence-electron chi connectivity index (χ1n) is 8.68. The van der Waals surface area contributed by atoms with Crippen molar-refractivity contribution in [1.29, 1.82) is 0 Å². The monoisotopic (exact) mass is 398 g/mol. The molecule has 3 aromatic rings. The van der Waals surface area contributed by atoms with E-state index < -0.39 is 5.92 Å². The summed E-state index contributed by atoms with van der Waals surface area (Å²) in [6, 6.07) is 14.5. The molecule has 2 N–H and O–H groups in total. The predicted octanol–water partition coefficient (Wildman–Crippen LogP) is 3.94. The zero-order chi connectivity index (χ0) is 19.7. The van der Waals surface area contributed by atoms with Crippen molar-refractivity contribution in [3.63, 3.8) is 0 Å². The molecule has 6 nitrogen and oxygen atoms in total. The number of rotatable bonds is 4. The normalized spacial score (nSPS) is 15.6. The number of hydrogen-bond donors (Lipinski definition) is 2. The van der Waals surface area contributed by atoms with Crippen molar-refractivity contribution in [1.82, 2.24) is 9.78 Å². The Hall–Kier alpha value is -3.19. The topological polar surface area (TPSA) is 76.0 Å². The van der Waals surface area contributed by atoms with Gasteiger partial charge in [-0.05, 0) is 30.3 Å². The number of aromatic nitrogens is 2. The van der Waals surface area contributed by atoms with E-state index >= 15 is 0 Å². The standard InChI is InChI=1S/C20H16ClFN4O2/c21-16-4-2-1-3-15(16)17-10-18-24-20(28)12(11-26(18)25-17)9-19(27)23-14-7-5-13(22)6-8-14/h1-8,10,12H,9,11H2,(H,23,27)(H,24,28). The highest BCUT2D eigenvalue weighted by Crippen LogP contribution is 2.31. The molecule has 0 spiro atoms. The van der Waals surface area contributed by atoms with Gasteiger partial charge >= 0.3 is 0 Å². The fourth-order valence-electron chi connectivity index (χ4n) is 3.10. The molecule has 0 saturated carbocycles. The van der Waals surface area contributed by atoms with Crippen molar-refractivity contribution in [2.45, 2.75) is 13.0 Å². The summed E-state index contributed by atoms with van der Waals surface area (Å²) >= 11 is 6.22. The van der Waals surface area contributed by atoms with Crippen molar-refractivity contribution in [3.8, 4) is 11.3 Å². The van der Waals surface area contributed by atoms with E-state index in [0.29, 0.717) is 22.2 Å². The first kappa shape index (κ1) is 18.2. The Morgan fingerprint density at radius 1 is 1.25 bits per heavy atom. The largest absolute Gasteiger partial charge is 0.326 e. The summed E-state index contributed by atoms with van der Waals surface area (Å²) in [5, 5.41) is 10.5. The van der Waals surface area contributed by atoms with Gasteiger partial charge in [0.2, 0.25) is 11.8 Å². The van der Waals surface area contributed by atoms with Gasteiger partial charge in [-0.2, -0.15) is 5.10 Å². The molecule has 1 unspecified atom stereocenters. The van der Waals surface area contributed by atoms with Gasteiger partial charge in [-0.15, -0.1) is 0 Å². The van der Waals surface area contributed by atoms with Crippen LogP contribution in [-0.4, -0.2) is 21.6 Å². The zero-order valence-electron chi connectivity index (χ0n) is 14.7. The van der Waals surface area contributed by atoms with E-state index in [2.05, 4.69) is 15.7 Å². The minimum absolute atomic E-state index is 0.00998. The van der Waals surface area contributed by atoms with Crippen molar-refractivity contribution < 1.29 is 14.0 Å². The van der Waals surface area contributed by atoms with Crippen molar-refractivity contribution in [3.05, 3.63) is 65.4 Å². The molecule has 1 aliphatic rings. The number of carbonyl (C=O) groups excluding carboxylic acids is 2. The maximum Gasteiger partial charge on any atom is 0.231 e. The first-order chi connectivity index (χ1) is 13.5. The van der Waals surface area contributed by atoms with Crippen molar-refractivity contribution in [2.75, 3.05) is 10.6 Å². The van der Waals surface area contributed by atoms with Gasteiger partial charge in [-0.1, -0.05) is 29.8 Å². The molecular formula is C20H16ClFN4O2. The van der Waals surface area contributed by atoms with Crippen LogP contribution in [0, 0.1) is 11.7 Å². The smallest absolute Gasteiger partial charge is 0.231 e. The fourth-order valence-corrected chi connectivity index (χ4v) is 3.34. The number of nitrogens with one attached hydrogen (secondary N) is 2. The van der Waals surface area contributed by atoms with Crippen molar-refractivity contribution in [2.24, 2.45) is 5.92 Å². The zero-order valence-corrected chi connectivity index (χ0v) is 15.4. The lowest BCUT2D eigenvalue weighted by atomic mass is 10.0. The second kappa shape index (κ2) is 7.44. The van der Waals surface area contributed by atoms with E-state index in [4.69, 9.17) is 11.6 Å². The van der Waals surface area contributed by atoms with Crippen LogP contribution < -0.4 is 10.6 Å². The van der Waals surface area contributed by atoms with Gasteiger partial charge in [0.15, 0.2) is 0 Å². The van der Waals surface area contributed by atoms with Crippen LogP contribution in [-0.2, 0) is 16.1 Å². The van der Waals surface area contributed by atoms with Gasteiger partial charge in [-0.25, -0.2) is 9.07 Å². The fraction of sp³-hybridized carbons (Fsp3) is 0.150. The van der Waals surface area contributed by atoms with Gasteiger partial charge < -0.3 is 10.6 Å². The highest BCUT2D eigenvalue weighted by molar-refractivity contribution is 6.33. The van der Waals surface area contributed by atoms with E-state index in [-0.39, 0.29) is 30.6 Å². The molecule has 0 radical (unpaired) electrons. The molecule has 1 aromatic heterocycles. The minimum atomic E-state index is -0.563. The van der Waals surface area contributed by atoms with Gasteiger partial charge in [0.25, 0.3) is 0 Å². The second-order valence-electron chi connectivity index (χ2n) is 6.52. The lowest BCUT2D eigenvalue weighted by Crippen LogP contribution is -2.35. The van der Waals surface area contributed by atoms with Crippen LogP contribution >= 0.6 is 11.6 Å². The Kier molecular flexibility index (Phi) is 4.83. The average Bonchev–Trinajstić information content (AvgIpc) is 3.06. The average molecular weight is 399 g/mol. The number of hydrogen-bond acceptors (Lipinski definition) is 3. The van der Waals surface area contributed by atoms with Crippen LogP contribution in [0.5, 0.6) is 0 Å². The Morgan fingerprint density at radius 3 is 2.75 bits per heavy atom. The molecule has 0 bridgehead atoms. The van der Waals surface area contributed by atoms with E-state index in [1.807, 2.05) is 18.2 Å². The van der Waals surface area contributed by atoms with Gasteiger partial charge in [0.1, 0.15) is 11.6 Å². The maximum absolute atomic E-state index is 13.0. The van der Waals surface area contributed by atoms with Crippen LogP contribution in [0.4, 0.5) is 15.9 Å². The molecule has 142 valence electrons. The first-order valence-corrected chi connectivity index (χ1v) is 9.06. The van der Waals surface area contributed by atoms with E-state index in [1.54, 1.807) is 16.8 Å². The molecule has 1 atom stereocenters. The molecule has 4 rings (SSSR count). The molecule has 0 aliphatic carbocycles. The Morgan fingerprint density at radius 2 is 2.00 bits per heavy atom. The van der Waals surface area contributed by atoms with Crippen LogP contribution in [0.2, 0.25) is 5.02 Å². The number of carbonyl (C=O) groups is 2. The molecular weight excluding hydrogens is 383 g/mol. The lowest BCUT2D eigenvalue weighted by molar-refractivity contribution is -0.125. The summed E-state index contributed by atoms with van der Waals surface area (Å²) < 4.78 is 14.6. The minimum Gasteiger partial charge on any atom is -0.326 e. The third-order valence-corrected chi connectivity index (χ3v) is 4.83. The number of fused-ring (bicyclic) bond motifs is 1. The van der Waals surface area contributed by atoms with E-state index in [9.17, 15) is 14.0 Å². The number of halogens is 2. The SMILES string of the molecule is O=C(CC1Cn2nc(-c3ccccc3Cl)cc2NC1=O)Nc1ccc(F)cc1. The summed E-state index contributed by atoms with van der Waals surface area (Å²) in [6.45, 7) is 0.280. The van der Waals surface area contributed by atoms with E-state index in [0.717, 1.165) is 5.56 Å². The lowest BCUT2D eigenvalue weighted by Gasteiger charge is -2.22. The molecule has 8 heteroatoms. The summed E-state index contributed by atoms with van der Waals surface area (Å²) in [5.41, 5.74) is 1.90. The molecule has 0 fully saturated rings.